The number of halogens is 1. The second kappa shape index (κ2) is 7.52. The largest absolute Gasteiger partial charge is 0.325 e. The van der Waals surface area contributed by atoms with Gasteiger partial charge in [-0.1, -0.05) is 53.2 Å². The summed E-state index contributed by atoms with van der Waals surface area (Å²) in [5.74, 6) is -0.840. The van der Waals surface area contributed by atoms with Gasteiger partial charge >= 0.3 is 6.03 Å². The maximum Gasteiger partial charge on any atom is 0.325 e. The van der Waals surface area contributed by atoms with Crippen LogP contribution in [-0.4, -0.2) is 29.3 Å². The van der Waals surface area contributed by atoms with E-state index in [-0.39, 0.29) is 6.54 Å². The van der Waals surface area contributed by atoms with E-state index in [2.05, 4.69) is 26.6 Å². The maximum atomic E-state index is 13.0. The van der Waals surface area contributed by atoms with E-state index in [0.29, 0.717) is 17.7 Å². The van der Waals surface area contributed by atoms with Gasteiger partial charge in [0.05, 0.1) is 0 Å². The molecule has 6 nitrogen and oxygen atoms in total. The van der Waals surface area contributed by atoms with Crippen molar-refractivity contribution in [3.05, 3.63) is 64.1 Å². The summed E-state index contributed by atoms with van der Waals surface area (Å²) >= 11 is 3.37. The minimum absolute atomic E-state index is 0.339. The van der Waals surface area contributed by atoms with Gasteiger partial charge in [0.25, 0.3) is 5.91 Å². The summed E-state index contributed by atoms with van der Waals surface area (Å²) in [7, 11) is 0. The van der Waals surface area contributed by atoms with Crippen LogP contribution in [0.2, 0.25) is 0 Å². The summed E-state index contributed by atoms with van der Waals surface area (Å²) in [6.07, 6.45) is 0.394. The highest BCUT2D eigenvalue weighted by atomic mass is 79.9. The summed E-state index contributed by atoms with van der Waals surface area (Å²) in [4.78, 5) is 38.9. The number of carbonyl (C=O) groups is 3. The lowest BCUT2D eigenvalue weighted by atomic mass is 9.87. The van der Waals surface area contributed by atoms with E-state index in [9.17, 15) is 14.4 Å². The number of hydrogen-bond donors (Lipinski definition) is 2. The number of carbonyl (C=O) groups excluding carboxylic acids is 3. The molecule has 0 aromatic heterocycles. The number of nitrogens with zero attached hydrogens (tertiary/aromatic N) is 1. The fraction of sp³-hybridized carbons (Fsp3) is 0.250. The first-order valence-corrected chi connectivity index (χ1v) is 9.42. The van der Waals surface area contributed by atoms with E-state index >= 15 is 0 Å². The van der Waals surface area contributed by atoms with Gasteiger partial charge < -0.3 is 10.6 Å². The molecule has 1 aliphatic heterocycles. The van der Waals surface area contributed by atoms with Crippen molar-refractivity contribution in [2.45, 2.75) is 25.8 Å². The van der Waals surface area contributed by atoms with E-state index < -0.39 is 23.4 Å². The SMILES string of the molecule is CCC1(c2ccccc2)NC(=O)N(CC(=O)Nc2ccc(Br)cc2C)C1=O. The Bertz CT molecular complexity index is 901. The van der Waals surface area contributed by atoms with E-state index in [1.807, 2.05) is 44.2 Å². The Kier molecular flexibility index (Phi) is 5.32. The minimum atomic E-state index is -1.13. The monoisotopic (exact) mass is 429 g/mol. The van der Waals surface area contributed by atoms with Gasteiger partial charge in [-0.3, -0.25) is 14.5 Å². The number of urea groups is 1. The van der Waals surface area contributed by atoms with E-state index in [0.717, 1.165) is 14.9 Å². The Labute approximate surface area is 166 Å². The Morgan fingerprint density at radius 1 is 1.19 bits per heavy atom. The number of anilines is 1. The van der Waals surface area contributed by atoms with Gasteiger partial charge in [-0.2, -0.15) is 0 Å². The Morgan fingerprint density at radius 3 is 2.52 bits per heavy atom. The van der Waals surface area contributed by atoms with Crippen LogP contribution in [0, 0.1) is 6.92 Å². The number of benzene rings is 2. The third kappa shape index (κ3) is 3.60. The van der Waals surface area contributed by atoms with Gasteiger partial charge in [0, 0.05) is 10.2 Å². The molecule has 1 fully saturated rings. The van der Waals surface area contributed by atoms with Gasteiger partial charge in [0.1, 0.15) is 12.1 Å². The fourth-order valence-electron chi connectivity index (χ4n) is 3.23. The molecule has 1 aliphatic rings. The Hall–Kier alpha value is -2.67. The van der Waals surface area contributed by atoms with Crippen molar-refractivity contribution in [3.63, 3.8) is 0 Å². The third-order valence-electron chi connectivity index (χ3n) is 4.74. The highest BCUT2D eigenvalue weighted by Crippen LogP contribution is 2.32. The predicted molar refractivity (Wildman–Crippen MR) is 106 cm³/mol. The van der Waals surface area contributed by atoms with Gasteiger partial charge in [-0.05, 0) is 42.7 Å². The predicted octanol–water partition coefficient (Wildman–Crippen LogP) is 3.55. The number of aryl methyl sites for hydroxylation is 1. The molecule has 1 atom stereocenters. The second-order valence-electron chi connectivity index (χ2n) is 6.45. The van der Waals surface area contributed by atoms with Crippen LogP contribution < -0.4 is 10.6 Å². The summed E-state index contributed by atoms with van der Waals surface area (Å²) in [5, 5.41) is 5.53. The molecule has 1 unspecified atom stereocenters. The highest BCUT2D eigenvalue weighted by Gasteiger charge is 2.51. The fourth-order valence-corrected chi connectivity index (χ4v) is 3.71. The minimum Gasteiger partial charge on any atom is -0.324 e. The molecule has 1 heterocycles. The van der Waals surface area contributed by atoms with Crippen molar-refractivity contribution in [2.75, 3.05) is 11.9 Å². The van der Waals surface area contributed by atoms with Crippen molar-refractivity contribution in [1.29, 1.82) is 0 Å². The molecule has 0 saturated carbocycles. The maximum absolute atomic E-state index is 13.0. The van der Waals surface area contributed by atoms with Crippen molar-refractivity contribution in [2.24, 2.45) is 0 Å². The average Bonchev–Trinajstić information content (AvgIpc) is 2.90. The lowest BCUT2D eigenvalue weighted by molar-refractivity contribution is -0.134. The Morgan fingerprint density at radius 2 is 1.89 bits per heavy atom. The van der Waals surface area contributed by atoms with E-state index in [1.54, 1.807) is 18.2 Å². The van der Waals surface area contributed by atoms with Gasteiger partial charge in [-0.15, -0.1) is 0 Å². The number of amides is 4. The molecular weight excluding hydrogens is 410 g/mol. The molecule has 3 rings (SSSR count). The van der Waals surface area contributed by atoms with Crippen molar-refractivity contribution >= 4 is 39.5 Å². The molecule has 2 aromatic carbocycles. The molecule has 0 radical (unpaired) electrons. The molecule has 4 amide bonds. The summed E-state index contributed by atoms with van der Waals surface area (Å²) < 4.78 is 0.905. The number of imide groups is 1. The summed E-state index contributed by atoms with van der Waals surface area (Å²) in [6, 6.07) is 14.0. The molecule has 0 bridgehead atoms. The standard InChI is InChI=1S/C20H20BrN3O3/c1-3-20(14-7-5-4-6-8-14)18(26)24(19(27)23-20)12-17(25)22-16-10-9-15(21)11-13(16)2/h4-11H,3,12H2,1-2H3,(H,22,25)(H,23,27). The lowest BCUT2D eigenvalue weighted by Crippen LogP contribution is -2.44. The van der Waals surface area contributed by atoms with Crippen LogP contribution in [0.5, 0.6) is 0 Å². The Balaban J connectivity index is 1.78. The zero-order valence-electron chi connectivity index (χ0n) is 15.1. The van der Waals surface area contributed by atoms with E-state index in [4.69, 9.17) is 0 Å². The number of nitrogens with one attached hydrogen (secondary N) is 2. The molecule has 2 N–H and O–H groups in total. The van der Waals surface area contributed by atoms with Crippen LogP contribution in [0.3, 0.4) is 0 Å². The van der Waals surface area contributed by atoms with Crippen LogP contribution >= 0.6 is 15.9 Å². The first kappa shape index (κ1) is 19.1. The normalized spacial score (nSPS) is 19.1. The van der Waals surface area contributed by atoms with Crippen LogP contribution in [-0.2, 0) is 15.1 Å². The lowest BCUT2D eigenvalue weighted by Gasteiger charge is -2.25. The van der Waals surface area contributed by atoms with Crippen LogP contribution in [0.15, 0.2) is 53.0 Å². The van der Waals surface area contributed by atoms with Crippen LogP contribution in [0.1, 0.15) is 24.5 Å². The van der Waals surface area contributed by atoms with Gasteiger partial charge in [0.15, 0.2) is 0 Å². The molecule has 27 heavy (non-hydrogen) atoms. The molecule has 0 aliphatic carbocycles. The molecule has 140 valence electrons. The average molecular weight is 430 g/mol. The van der Waals surface area contributed by atoms with Crippen molar-refractivity contribution in [1.82, 2.24) is 10.2 Å². The summed E-state index contributed by atoms with van der Waals surface area (Å²) in [5.41, 5.74) is 1.09. The van der Waals surface area contributed by atoms with Crippen molar-refractivity contribution in [3.8, 4) is 0 Å². The van der Waals surface area contributed by atoms with Gasteiger partial charge in [-0.25, -0.2) is 4.79 Å². The molecule has 1 saturated heterocycles. The zero-order valence-corrected chi connectivity index (χ0v) is 16.7. The second-order valence-corrected chi connectivity index (χ2v) is 7.37. The smallest absolute Gasteiger partial charge is 0.324 e. The first-order valence-electron chi connectivity index (χ1n) is 8.63. The topological polar surface area (TPSA) is 78.5 Å². The van der Waals surface area contributed by atoms with Crippen molar-refractivity contribution < 1.29 is 14.4 Å². The van der Waals surface area contributed by atoms with E-state index in [1.165, 1.54) is 0 Å². The molecular formula is C20H20BrN3O3. The highest BCUT2D eigenvalue weighted by molar-refractivity contribution is 9.10. The first-order chi connectivity index (χ1) is 12.9. The molecule has 2 aromatic rings. The van der Waals surface area contributed by atoms with Gasteiger partial charge in [0.2, 0.25) is 5.91 Å². The molecule has 0 spiro atoms. The van der Waals surface area contributed by atoms with Crippen LogP contribution in [0.25, 0.3) is 0 Å². The number of hydrogen-bond acceptors (Lipinski definition) is 3. The quantitative estimate of drug-likeness (QED) is 0.713. The molecule has 7 heteroatoms. The summed E-state index contributed by atoms with van der Waals surface area (Å²) in [6.45, 7) is 3.36. The third-order valence-corrected chi connectivity index (χ3v) is 5.23. The zero-order chi connectivity index (χ0) is 19.6. The number of rotatable bonds is 5. The van der Waals surface area contributed by atoms with Crippen LogP contribution in [0.4, 0.5) is 10.5 Å².